The van der Waals surface area contributed by atoms with Crippen molar-refractivity contribution in [1.29, 1.82) is 0 Å². The van der Waals surface area contributed by atoms with E-state index in [1.165, 1.54) is 10.5 Å². The van der Waals surface area contributed by atoms with Crippen LogP contribution in [0.4, 0.5) is 5.82 Å². The molecule has 1 heterocycles. The predicted octanol–water partition coefficient (Wildman–Crippen LogP) is 2.15. The van der Waals surface area contributed by atoms with Crippen LogP contribution in [0, 0.1) is 0 Å². The van der Waals surface area contributed by atoms with Crippen molar-refractivity contribution in [2.24, 2.45) is 0 Å². The van der Waals surface area contributed by atoms with E-state index < -0.39 is 10.0 Å². The van der Waals surface area contributed by atoms with E-state index in [2.05, 4.69) is 10.3 Å². The van der Waals surface area contributed by atoms with Crippen LogP contribution in [0.5, 0.6) is 5.75 Å². The molecular weight excluding hydrogens is 326 g/mol. The number of ether oxygens (including phenoxy) is 1. The first kappa shape index (κ1) is 18.2. The fraction of sp³-hybridized carbons (Fsp3) is 0.353. The maximum Gasteiger partial charge on any atom is 0.272 e. The van der Waals surface area contributed by atoms with Gasteiger partial charge in [0.25, 0.3) is 5.82 Å². The Labute approximate surface area is 143 Å². The maximum atomic E-state index is 12.4. The SMILES string of the molecule is CCN(CC)S(=O)(=O)c1ccc(NCc2ccc(OC)cc2)[nH+]c1. The van der Waals surface area contributed by atoms with Crippen LogP contribution < -0.4 is 15.0 Å². The maximum absolute atomic E-state index is 12.4. The van der Waals surface area contributed by atoms with Crippen LogP contribution in [-0.2, 0) is 16.6 Å². The highest BCUT2D eigenvalue weighted by atomic mass is 32.2. The number of rotatable bonds is 8. The number of sulfonamides is 1. The first-order valence-corrected chi connectivity index (χ1v) is 9.34. The van der Waals surface area contributed by atoms with Crippen molar-refractivity contribution in [2.45, 2.75) is 25.3 Å². The Morgan fingerprint density at radius 1 is 1.08 bits per heavy atom. The van der Waals surface area contributed by atoms with Gasteiger partial charge in [0, 0.05) is 19.2 Å². The predicted molar refractivity (Wildman–Crippen MR) is 93.4 cm³/mol. The van der Waals surface area contributed by atoms with Gasteiger partial charge in [-0.25, -0.2) is 13.4 Å². The molecule has 0 saturated heterocycles. The van der Waals surface area contributed by atoms with Crippen LogP contribution in [0.25, 0.3) is 0 Å². The second-order valence-corrected chi connectivity index (χ2v) is 7.17. The monoisotopic (exact) mass is 350 g/mol. The van der Waals surface area contributed by atoms with Gasteiger partial charge in [-0.1, -0.05) is 26.0 Å². The van der Waals surface area contributed by atoms with Crippen LogP contribution in [0.1, 0.15) is 19.4 Å². The third-order valence-corrected chi connectivity index (χ3v) is 5.82. The fourth-order valence-corrected chi connectivity index (χ4v) is 3.76. The summed E-state index contributed by atoms with van der Waals surface area (Å²) in [6.07, 6.45) is 1.52. The van der Waals surface area contributed by atoms with Crippen LogP contribution >= 0.6 is 0 Å². The van der Waals surface area contributed by atoms with E-state index in [1.807, 2.05) is 38.1 Å². The van der Waals surface area contributed by atoms with Crippen LogP contribution in [0.3, 0.4) is 0 Å². The fourth-order valence-electron chi connectivity index (χ4n) is 2.33. The number of hydrogen-bond donors (Lipinski definition) is 1. The highest BCUT2D eigenvalue weighted by Gasteiger charge is 2.22. The van der Waals surface area contributed by atoms with Gasteiger partial charge in [0.05, 0.1) is 7.11 Å². The van der Waals surface area contributed by atoms with Gasteiger partial charge >= 0.3 is 0 Å². The first-order valence-electron chi connectivity index (χ1n) is 7.90. The second-order valence-electron chi connectivity index (χ2n) is 5.23. The van der Waals surface area contributed by atoms with Crippen LogP contribution in [0.15, 0.2) is 47.5 Å². The summed E-state index contributed by atoms with van der Waals surface area (Å²) in [4.78, 5) is 3.26. The largest absolute Gasteiger partial charge is 0.497 e. The van der Waals surface area contributed by atoms with Crippen molar-refractivity contribution < 1.29 is 18.1 Å². The molecule has 1 aromatic heterocycles. The second kappa shape index (κ2) is 8.12. The third-order valence-electron chi connectivity index (χ3n) is 3.77. The number of hydrogen-bond acceptors (Lipinski definition) is 4. The summed E-state index contributed by atoms with van der Waals surface area (Å²) in [6, 6.07) is 11.1. The van der Waals surface area contributed by atoms with Gasteiger partial charge in [-0.15, -0.1) is 0 Å². The van der Waals surface area contributed by atoms with Gasteiger partial charge < -0.3 is 4.74 Å². The summed E-state index contributed by atoms with van der Waals surface area (Å²) < 4.78 is 31.4. The number of pyridine rings is 1. The summed E-state index contributed by atoms with van der Waals surface area (Å²) in [5.74, 6) is 1.57. The quantitative estimate of drug-likeness (QED) is 0.792. The van der Waals surface area contributed by atoms with Crippen LogP contribution in [-0.4, -0.2) is 32.9 Å². The molecule has 130 valence electrons. The van der Waals surface area contributed by atoms with Crippen molar-refractivity contribution in [3.63, 3.8) is 0 Å². The molecule has 6 nitrogen and oxygen atoms in total. The average molecular weight is 350 g/mol. The molecule has 2 aromatic rings. The molecule has 0 unspecified atom stereocenters. The van der Waals surface area contributed by atoms with Gasteiger partial charge in [-0.2, -0.15) is 4.31 Å². The van der Waals surface area contributed by atoms with Gasteiger partial charge in [-0.3, -0.25) is 5.32 Å². The van der Waals surface area contributed by atoms with E-state index in [4.69, 9.17) is 4.74 Å². The molecule has 1 aromatic carbocycles. The van der Waals surface area contributed by atoms with E-state index >= 15 is 0 Å². The number of benzene rings is 1. The van der Waals surface area contributed by atoms with Crippen molar-refractivity contribution in [2.75, 3.05) is 25.5 Å². The molecule has 0 radical (unpaired) electrons. The molecule has 0 spiro atoms. The molecule has 0 bridgehead atoms. The van der Waals surface area contributed by atoms with Crippen LogP contribution in [0.2, 0.25) is 0 Å². The zero-order chi connectivity index (χ0) is 17.6. The number of H-pyrrole nitrogens is 1. The van der Waals surface area contributed by atoms with Gasteiger partial charge in [0.15, 0.2) is 0 Å². The standard InChI is InChI=1S/C17H23N3O3S/c1-4-20(5-2)24(21,22)16-10-11-17(19-13-16)18-12-14-6-8-15(23-3)9-7-14/h6-11,13H,4-5,12H2,1-3H3,(H,18,19)/p+1. The smallest absolute Gasteiger partial charge is 0.272 e. The Morgan fingerprint density at radius 2 is 1.75 bits per heavy atom. The van der Waals surface area contributed by atoms with E-state index in [0.717, 1.165) is 17.1 Å². The highest BCUT2D eigenvalue weighted by molar-refractivity contribution is 7.89. The van der Waals surface area contributed by atoms with E-state index in [1.54, 1.807) is 19.2 Å². The molecule has 0 aliphatic carbocycles. The minimum Gasteiger partial charge on any atom is -0.497 e. The van der Waals surface area contributed by atoms with E-state index in [-0.39, 0.29) is 4.90 Å². The lowest BCUT2D eigenvalue weighted by Crippen LogP contribution is -2.31. The van der Waals surface area contributed by atoms with Gasteiger partial charge in [0.1, 0.15) is 23.4 Å². The highest BCUT2D eigenvalue weighted by Crippen LogP contribution is 2.15. The third kappa shape index (κ3) is 4.24. The summed E-state index contributed by atoms with van der Waals surface area (Å²) in [6.45, 7) is 5.19. The summed E-state index contributed by atoms with van der Waals surface area (Å²) in [7, 11) is -1.80. The molecule has 0 fully saturated rings. The molecule has 0 aliphatic rings. The lowest BCUT2D eigenvalue weighted by molar-refractivity contribution is -0.364. The lowest BCUT2D eigenvalue weighted by atomic mass is 10.2. The summed E-state index contributed by atoms with van der Waals surface area (Å²) in [5, 5.41) is 3.23. The minimum absolute atomic E-state index is 0.265. The summed E-state index contributed by atoms with van der Waals surface area (Å²) >= 11 is 0. The number of aromatic amines is 1. The normalized spacial score (nSPS) is 11.5. The number of nitrogens with zero attached hydrogens (tertiary/aromatic N) is 1. The number of methoxy groups -OCH3 is 1. The van der Waals surface area contributed by atoms with Crippen molar-refractivity contribution >= 4 is 15.8 Å². The van der Waals surface area contributed by atoms with E-state index in [9.17, 15) is 8.42 Å². The Kier molecular flexibility index (Phi) is 6.16. The lowest BCUT2D eigenvalue weighted by Gasteiger charge is -2.17. The van der Waals surface area contributed by atoms with Crippen molar-refractivity contribution in [1.82, 2.24) is 4.31 Å². The summed E-state index contributed by atoms with van der Waals surface area (Å²) in [5.41, 5.74) is 1.10. The number of anilines is 1. The zero-order valence-electron chi connectivity index (χ0n) is 14.2. The Bertz CT molecular complexity index is 740. The molecule has 2 N–H and O–H groups in total. The topological polar surface area (TPSA) is 72.8 Å². The molecule has 0 atom stereocenters. The van der Waals surface area contributed by atoms with Gasteiger partial charge in [-0.05, 0) is 23.8 Å². The molecule has 0 saturated carbocycles. The molecule has 24 heavy (non-hydrogen) atoms. The zero-order valence-corrected chi connectivity index (χ0v) is 15.1. The number of aromatic nitrogens is 1. The molecule has 0 amide bonds. The van der Waals surface area contributed by atoms with Gasteiger partial charge in [0.2, 0.25) is 10.0 Å². The average Bonchev–Trinajstić information content (AvgIpc) is 2.61. The molecular formula is C17H24N3O3S+. The molecule has 0 aliphatic heterocycles. The van der Waals surface area contributed by atoms with Crippen molar-refractivity contribution in [3.8, 4) is 5.75 Å². The molecule has 7 heteroatoms. The molecule has 2 rings (SSSR count). The minimum atomic E-state index is -3.43. The number of nitrogens with one attached hydrogen (secondary N) is 2. The Balaban J connectivity index is 2.03. The Hall–Kier alpha value is -2.12. The Morgan fingerprint density at radius 3 is 2.25 bits per heavy atom. The van der Waals surface area contributed by atoms with Crippen molar-refractivity contribution in [3.05, 3.63) is 48.2 Å². The van der Waals surface area contributed by atoms with E-state index in [0.29, 0.717) is 19.6 Å². The first-order chi connectivity index (χ1) is 11.5.